The summed E-state index contributed by atoms with van der Waals surface area (Å²) >= 11 is 0. The summed E-state index contributed by atoms with van der Waals surface area (Å²) < 4.78 is 92.7. The molecule has 2 aromatic carbocycles. The van der Waals surface area contributed by atoms with Crippen molar-refractivity contribution in [1.29, 1.82) is 0 Å². The highest BCUT2D eigenvalue weighted by atomic mass is 19.4. The van der Waals surface area contributed by atoms with E-state index in [0.29, 0.717) is 24.3 Å². The summed E-state index contributed by atoms with van der Waals surface area (Å²) in [5, 5.41) is 9.65. The van der Waals surface area contributed by atoms with Crippen LogP contribution in [-0.2, 0) is 31.4 Å². The van der Waals surface area contributed by atoms with Gasteiger partial charge in [0.1, 0.15) is 0 Å². The number of halogens is 6. The van der Waals surface area contributed by atoms with Crippen LogP contribution in [0.15, 0.2) is 71.3 Å². The Bertz CT molecular complexity index is 1490. The van der Waals surface area contributed by atoms with Crippen molar-refractivity contribution >= 4 is 29.7 Å². The quantitative estimate of drug-likeness (QED) is 0.199. The second-order valence-corrected chi connectivity index (χ2v) is 8.07. The van der Waals surface area contributed by atoms with E-state index in [9.17, 15) is 55.4 Å². The maximum absolute atomic E-state index is 13.1. The first kappa shape index (κ1) is 31.2. The molecule has 0 aliphatic carbocycles. The molecule has 3 rings (SSSR count). The van der Waals surface area contributed by atoms with E-state index in [-0.39, 0.29) is 5.76 Å². The summed E-state index contributed by atoms with van der Waals surface area (Å²) in [7, 11) is 0. The second kappa shape index (κ2) is 12.4. The average molecular weight is 602 g/mol. The minimum absolute atomic E-state index is 0.314. The van der Waals surface area contributed by atoms with Crippen LogP contribution in [0.3, 0.4) is 0 Å². The smallest absolute Gasteiger partial charge is 0.416 e. The third kappa shape index (κ3) is 7.86. The Hall–Kier alpha value is -5.35. The van der Waals surface area contributed by atoms with Gasteiger partial charge in [0.15, 0.2) is 5.76 Å². The number of carbonyl (C=O) groups is 5. The largest absolute Gasteiger partial charge is 0.478 e. The number of nitrogens with one attached hydrogen (secondary N) is 2. The lowest BCUT2D eigenvalue weighted by Gasteiger charge is -2.23. The number of benzene rings is 2. The lowest BCUT2D eigenvalue weighted by atomic mass is 10.1. The zero-order valence-electron chi connectivity index (χ0n) is 20.5. The second-order valence-electron chi connectivity index (χ2n) is 8.07. The van der Waals surface area contributed by atoms with Crippen molar-refractivity contribution in [3.05, 3.63) is 94.9 Å². The molecule has 222 valence electrons. The summed E-state index contributed by atoms with van der Waals surface area (Å²) in [4.78, 5) is 62.1. The van der Waals surface area contributed by atoms with Crippen molar-refractivity contribution in [2.75, 3.05) is 0 Å². The topological polar surface area (TPSA) is 161 Å². The molecule has 0 bridgehead atoms. The molecule has 0 unspecified atom stereocenters. The van der Waals surface area contributed by atoms with Gasteiger partial charge < -0.3 is 19.0 Å². The number of hydrogen-bond acceptors (Lipinski definition) is 8. The van der Waals surface area contributed by atoms with E-state index in [2.05, 4.69) is 4.74 Å². The number of carbonyl (C=O) groups excluding carboxylic acids is 4. The van der Waals surface area contributed by atoms with Crippen LogP contribution in [-0.4, -0.2) is 47.0 Å². The van der Waals surface area contributed by atoms with Gasteiger partial charge >= 0.3 is 36.2 Å². The number of rotatable bonds is 8. The molecule has 3 N–H and O–H groups in total. The van der Waals surface area contributed by atoms with Crippen molar-refractivity contribution in [3.8, 4) is 0 Å². The molecule has 0 aliphatic rings. The maximum Gasteiger partial charge on any atom is 0.416 e. The van der Waals surface area contributed by atoms with Crippen LogP contribution in [0.2, 0.25) is 0 Å². The number of ether oxygens (including phenoxy) is 2. The van der Waals surface area contributed by atoms with Crippen LogP contribution < -0.4 is 10.9 Å². The van der Waals surface area contributed by atoms with Crippen LogP contribution in [0.5, 0.6) is 0 Å². The van der Waals surface area contributed by atoms with Gasteiger partial charge in [0.05, 0.1) is 28.5 Å². The van der Waals surface area contributed by atoms with Crippen molar-refractivity contribution < 1.29 is 69.3 Å². The number of furan rings is 1. The van der Waals surface area contributed by atoms with E-state index in [1.807, 2.05) is 0 Å². The Morgan fingerprint density at radius 2 is 1.21 bits per heavy atom. The number of hydrogen-bond donors (Lipinski definition) is 3. The Labute approximate surface area is 230 Å². The lowest BCUT2D eigenvalue weighted by molar-refractivity contribution is -0.159. The van der Waals surface area contributed by atoms with Crippen molar-refractivity contribution in [3.63, 3.8) is 0 Å². The standard InChI is InChI=1S/C25H16F6N2O9/c26-24(27,28)14-6-1-4-12(10-14)22(38)41-17(20(35)33-32-19(34)16-8-3-9-40-16)18(21(36)37)42-23(39)13-5-2-7-15(11-13)25(29,30)31/h1-11,17-18H,(H,32,34)(H,33,35)(H,36,37)/t17-,18+/m1/s1. The van der Waals surface area contributed by atoms with Crippen molar-refractivity contribution in [2.24, 2.45) is 0 Å². The zero-order valence-corrected chi connectivity index (χ0v) is 20.5. The fourth-order valence-corrected chi connectivity index (χ4v) is 3.17. The first-order chi connectivity index (χ1) is 19.6. The molecule has 11 nitrogen and oxygen atoms in total. The van der Waals surface area contributed by atoms with Gasteiger partial charge in [0.25, 0.3) is 5.91 Å². The van der Waals surface area contributed by atoms with E-state index in [0.717, 1.165) is 36.6 Å². The molecule has 17 heteroatoms. The number of hydrazine groups is 1. The van der Waals surface area contributed by atoms with Gasteiger partial charge in [-0.25, -0.2) is 14.4 Å². The molecule has 1 aromatic heterocycles. The van der Waals surface area contributed by atoms with Gasteiger partial charge in [0, 0.05) is 0 Å². The van der Waals surface area contributed by atoms with Gasteiger partial charge in [0.2, 0.25) is 12.2 Å². The molecular formula is C25H16F6N2O9. The summed E-state index contributed by atoms with van der Waals surface area (Å²) in [6.45, 7) is 0. The molecule has 0 saturated heterocycles. The Morgan fingerprint density at radius 3 is 1.64 bits per heavy atom. The van der Waals surface area contributed by atoms with Crippen LogP contribution >= 0.6 is 0 Å². The van der Waals surface area contributed by atoms with Crippen LogP contribution in [0, 0.1) is 0 Å². The van der Waals surface area contributed by atoms with Crippen molar-refractivity contribution in [1.82, 2.24) is 10.9 Å². The van der Waals surface area contributed by atoms with Crippen molar-refractivity contribution in [2.45, 2.75) is 24.6 Å². The Morgan fingerprint density at radius 1 is 0.714 bits per heavy atom. The fourth-order valence-electron chi connectivity index (χ4n) is 3.17. The maximum atomic E-state index is 13.1. The molecule has 42 heavy (non-hydrogen) atoms. The lowest BCUT2D eigenvalue weighted by Crippen LogP contribution is -2.54. The molecule has 1 heterocycles. The number of carboxylic acids is 1. The van der Waals surface area contributed by atoms with E-state index in [4.69, 9.17) is 9.15 Å². The van der Waals surface area contributed by atoms with E-state index in [1.165, 1.54) is 6.07 Å². The van der Waals surface area contributed by atoms with Gasteiger partial charge in [-0.15, -0.1) is 0 Å². The monoisotopic (exact) mass is 602 g/mol. The number of carboxylic acid groups (broad SMARTS) is 1. The van der Waals surface area contributed by atoms with Crippen LogP contribution in [0.4, 0.5) is 26.3 Å². The molecule has 0 fully saturated rings. The molecule has 0 radical (unpaired) electrons. The highest BCUT2D eigenvalue weighted by Crippen LogP contribution is 2.31. The number of aliphatic carboxylic acids is 1. The first-order valence-corrected chi connectivity index (χ1v) is 11.2. The SMILES string of the molecule is O=C(O[C@H](C(=O)O)[C@@H](OC(=O)c1cccc(C(F)(F)F)c1)C(=O)NNC(=O)c1ccco1)c1cccc(C(F)(F)F)c1. The summed E-state index contributed by atoms with van der Waals surface area (Å²) in [6, 6.07) is 7.54. The van der Waals surface area contributed by atoms with Gasteiger partial charge in [-0.2, -0.15) is 26.3 Å². The summed E-state index contributed by atoms with van der Waals surface area (Å²) in [5.41, 5.74) is -0.784. The average Bonchev–Trinajstić information content (AvgIpc) is 3.47. The molecule has 3 aromatic rings. The molecule has 2 atom stereocenters. The first-order valence-electron chi connectivity index (χ1n) is 11.2. The molecule has 0 spiro atoms. The number of esters is 2. The zero-order chi connectivity index (χ0) is 31.2. The third-order valence-corrected chi connectivity index (χ3v) is 5.14. The Kier molecular flexibility index (Phi) is 9.24. The normalized spacial score (nSPS) is 12.9. The predicted octanol–water partition coefficient (Wildman–Crippen LogP) is 3.61. The van der Waals surface area contributed by atoms with E-state index in [1.54, 1.807) is 10.9 Å². The fraction of sp³-hybridized carbons (Fsp3) is 0.160. The minimum atomic E-state index is -4.91. The highest BCUT2D eigenvalue weighted by Gasteiger charge is 2.42. The van der Waals surface area contributed by atoms with Crippen LogP contribution in [0.25, 0.3) is 0 Å². The van der Waals surface area contributed by atoms with Gasteiger partial charge in [-0.3, -0.25) is 20.4 Å². The number of amides is 2. The molecule has 2 amide bonds. The van der Waals surface area contributed by atoms with E-state index >= 15 is 0 Å². The molecule has 0 aliphatic heterocycles. The van der Waals surface area contributed by atoms with E-state index < -0.39 is 76.5 Å². The number of alkyl halides is 6. The molecular weight excluding hydrogens is 586 g/mol. The van der Waals surface area contributed by atoms with Gasteiger partial charge in [-0.05, 0) is 48.5 Å². The summed E-state index contributed by atoms with van der Waals surface area (Å²) in [6.07, 6.45) is -14.2. The Balaban J connectivity index is 1.92. The highest BCUT2D eigenvalue weighted by molar-refractivity contribution is 5.98. The molecule has 0 saturated carbocycles. The predicted molar refractivity (Wildman–Crippen MR) is 123 cm³/mol. The van der Waals surface area contributed by atoms with Crippen LogP contribution in [0.1, 0.15) is 42.4 Å². The third-order valence-electron chi connectivity index (χ3n) is 5.14. The van der Waals surface area contributed by atoms with Gasteiger partial charge in [-0.1, -0.05) is 12.1 Å². The summed E-state index contributed by atoms with van der Waals surface area (Å²) in [5.74, 6) is -8.67. The minimum Gasteiger partial charge on any atom is -0.478 e.